The number of anilines is 1. The van der Waals surface area contributed by atoms with E-state index in [-0.39, 0.29) is 6.03 Å². The summed E-state index contributed by atoms with van der Waals surface area (Å²) in [6.45, 7) is 7.03. The fourth-order valence-corrected chi connectivity index (χ4v) is 2.78. The molecule has 114 valence electrons. The first-order valence-corrected chi connectivity index (χ1v) is 7.46. The van der Waals surface area contributed by atoms with E-state index in [1.165, 1.54) is 0 Å². The van der Waals surface area contributed by atoms with Gasteiger partial charge in [0.15, 0.2) is 0 Å². The Kier molecular flexibility index (Phi) is 3.90. The number of carbonyl (C=O) groups is 1. The second-order valence-corrected chi connectivity index (χ2v) is 5.86. The highest BCUT2D eigenvalue weighted by Gasteiger charge is 2.25. The van der Waals surface area contributed by atoms with Crippen LogP contribution in [0, 0.1) is 0 Å². The number of nitrogens with one attached hydrogen (secondary N) is 2. The highest BCUT2D eigenvalue weighted by molar-refractivity contribution is 6.30. The number of hydrogen-bond acceptors (Lipinski definition) is 2. The molecular weight excluding hydrogens is 300 g/mol. The third kappa shape index (κ3) is 2.85. The zero-order valence-electron chi connectivity index (χ0n) is 12.3. The Morgan fingerprint density at radius 1 is 1.50 bits per heavy atom. The van der Waals surface area contributed by atoms with Crippen LogP contribution in [-0.2, 0) is 13.0 Å². The molecule has 0 aliphatic carbocycles. The fourth-order valence-electron chi connectivity index (χ4n) is 2.59. The highest BCUT2D eigenvalue weighted by Crippen LogP contribution is 2.25. The molecule has 0 radical (unpaired) electrons. The zero-order chi connectivity index (χ0) is 15.7. The first kappa shape index (κ1) is 14.7. The van der Waals surface area contributed by atoms with Gasteiger partial charge in [-0.25, -0.2) is 4.79 Å². The lowest BCUT2D eigenvalue weighted by Gasteiger charge is -2.27. The fraction of sp³-hybridized carbons (Fsp3) is 0.250. The van der Waals surface area contributed by atoms with Crippen molar-refractivity contribution >= 4 is 28.9 Å². The lowest BCUT2D eigenvalue weighted by Crippen LogP contribution is -2.38. The van der Waals surface area contributed by atoms with Crippen LogP contribution in [0.4, 0.5) is 10.5 Å². The van der Waals surface area contributed by atoms with Gasteiger partial charge in [0.25, 0.3) is 0 Å². The van der Waals surface area contributed by atoms with Gasteiger partial charge in [-0.2, -0.15) is 5.10 Å². The lowest BCUT2D eigenvalue weighted by atomic mass is 10.0. The molecular formula is C16H17ClN4O. The van der Waals surface area contributed by atoms with Crippen molar-refractivity contribution in [2.24, 2.45) is 0 Å². The number of rotatable bonds is 2. The van der Waals surface area contributed by atoms with Gasteiger partial charge < -0.3 is 10.2 Å². The summed E-state index contributed by atoms with van der Waals surface area (Å²) in [5.74, 6) is 0. The molecule has 0 saturated heterocycles. The van der Waals surface area contributed by atoms with E-state index in [1.54, 1.807) is 17.0 Å². The molecule has 1 aromatic carbocycles. The Balaban J connectivity index is 1.75. The molecule has 5 nitrogen and oxygen atoms in total. The average Bonchev–Trinajstić information content (AvgIpc) is 2.90. The third-order valence-electron chi connectivity index (χ3n) is 3.70. The van der Waals surface area contributed by atoms with E-state index in [0.29, 0.717) is 23.8 Å². The number of fused-ring (bicyclic) bond motifs is 1. The number of halogens is 1. The molecule has 2 amide bonds. The van der Waals surface area contributed by atoms with Gasteiger partial charge in [-0.15, -0.1) is 0 Å². The Hall–Kier alpha value is -2.27. The van der Waals surface area contributed by atoms with Crippen LogP contribution < -0.4 is 5.32 Å². The van der Waals surface area contributed by atoms with Gasteiger partial charge in [0.05, 0.1) is 12.2 Å². The molecule has 1 aliphatic heterocycles. The van der Waals surface area contributed by atoms with Crippen molar-refractivity contribution in [1.82, 2.24) is 15.1 Å². The summed E-state index contributed by atoms with van der Waals surface area (Å²) in [5.41, 5.74) is 4.59. The van der Waals surface area contributed by atoms with E-state index in [2.05, 4.69) is 22.1 Å². The Morgan fingerprint density at radius 3 is 3.05 bits per heavy atom. The number of aromatic amines is 1. The number of aromatic nitrogens is 2. The molecule has 0 atom stereocenters. The van der Waals surface area contributed by atoms with Crippen molar-refractivity contribution in [2.75, 3.05) is 11.9 Å². The molecule has 2 aromatic rings. The van der Waals surface area contributed by atoms with Gasteiger partial charge in [-0.3, -0.25) is 5.10 Å². The van der Waals surface area contributed by atoms with Gasteiger partial charge >= 0.3 is 6.03 Å². The highest BCUT2D eigenvalue weighted by atomic mass is 35.5. The maximum atomic E-state index is 12.4. The predicted octanol–water partition coefficient (Wildman–Crippen LogP) is 3.69. The van der Waals surface area contributed by atoms with Crippen LogP contribution >= 0.6 is 11.6 Å². The molecule has 1 aromatic heterocycles. The minimum atomic E-state index is -0.137. The van der Waals surface area contributed by atoms with Crippen molar-refractivity contribution < 1.29 is 4.79 Å². The van der Waals surface area contributed by atoms with E-state index in [1.807, 2.05) is 19.1 Å². The number of carbonyl (C=O) groups excluding carboxylic acids is 1. The molecule has 0 saturated carbocycles. The summed E-state index contributed by atoms with van der Waals surface area (Å²) in [6.07, 6.45) is 0.762. The monoisotopic (exact) mass is 316 g/mol. The van der Waals surface area contributed by atoms with Gasteiger partial charge in [0.1, 0.15) is 0 Å². The molecule has 0 fully saturated rings. The summed E-state index contributed by atoms with van der Waals surface area (Å²) < 4.78 is 0. The largest absolute Gasteiger partial charge is 0.322 e. The second-order valence-electron chi connectivity index (χ2n) is 5.42. The van der Waals surface area contributed by atoms with Gasteiger partial charge in [-0.1, -0.05) is 24.2 Å². The van der Waals surface area contributed by atoms with E-state index in [4.69, 9.17) is 11.6 Å². The number of amides is 2. The normalized spacial score (nSPS) is 13.6. The molecule has 2 N–H and O–H groups in total. The Labute approximate surface area is 134 Å². The second kappa shape index (κ2) is 5.85. The number of H-pyrrole nitrogens is 1. The topological polar surface area (TPSA) is 61.0 Å². The maximum absolute atomic E-state index is 12.4. The molecule has 0 unspecified atom stereocenters. The standard InChI is InChI=1S/C16H17ClN4O/c1-10(2)15-13-9-21(7-6-14(13)19-20-15)16(22)18-12-5-3-4-11(17)8-12/h3-5,8H,1,6-7,9H2,2H3,(H,18,22)(H,19,20). The van der Waals surface area contributed by atoms with Gasteiger partial charge in [-0.05, 0) is 30.7 Å². The zero-order valence-corrected chi connectivity index (χ0v) is 13.1. The SMILES string of the molecule is C=C(C)c1n[nH]c2c1CN(C(=O)Nc1cccc(Cl)c1)CC2. The molecule has 1 aliphatic rings. The van der Waals surface area contributed by atoms with Gasteiger partial charge in [0, 0.05) is 34.9 Å². The first-order valence-electron chi connectivity index (χ1n) is 7.08. The molecule has 2 heterocycles. The van der Waals surface area contributed by atoms with Crippen molar-refractivity contribution in [2.45, 2.75) is 19.9 Å². The third-order valence-corrected chi connectivity index (χ3v) is 3.94. The summed E-state index contributed by atoms with van der Waals surface area (Å²) in [5, 5.41) is 10.8. The van der Waals surface area contributed by atoms with Crippen LogP contribution in [0.1, 0.15) is 23.9 Å². The van der Waals surface area contributed by atoms with Crippen LogP contribution in [0.2, 0.25) is 5.02 Å². The Bertz CT molecular complexity index is 737. The number of urea groups is 1. The minimum absolute atomic E-state index is 0.137. The van der Waals surface area contributed by atoms with E-state index < -0.39 is 0 Å². The average molecular weight is 317 g/mol. The molecule has 0 spiro atoms. The number of nitrogens with zero attached hydrogens (tertiary/aromatic N) is 2. The maximum Gasteiger partial charge on any atom is 0.322 e. The van der Waals surface area contributed by atoms with E-state index >= 15 is 0 Å². The molecule has 6 heteroatoms. The van der Waals surface area contributed by atoms with Crippen molar-refractivity contribution in [1.29, 1.82) is 0 Å². The number of hydrogen-bond donors (Lipinski definition) is 2. The van der Waals surface area contributed by atoms with Crippen molar-refractivity contribution in [3.05, 3.63) is 52.8 Å². The van der Waals surface area contributed by atoms with Crippen LogP contribution in [0.3, 0.4) is 0 Å². The smallest absolute Gasteiger partial charge is 0.320 e. The number of benzene rings is 1. The summed E-state index contributed by atoms with van der Waals surface area (Å²) in [7, 11) is 0. The quantitative estimate of drug-likeness (QED) is 0.887. The number of allylic oxidation sites excluding steroid dienone is 1. The van der Waals surface area contributed by atoms with Crippen molar-refractivity contribution in [3.63, 3.8) is 0 Å². The van der Waals surface area contributed by atoms with Crippen LogP contribution in [-0.4, -0.2) is 27.7 Å². The van der Waals surface area contributed by atoms with E-state index in [0.717, 1.165) is 28.9 Å². The van der Waals surface area contributed by atoms with Crippen molar-refractivity contribution in [3.8, 4) is 0 Å². The van der Waals surface area contributed by atoms with Crippen LogP contribution in [0.5, 0.6) is 0 Å². The van der Waals surface area contributed by atoms with E-state index in [9.17, 15) is 4.79 Å². The lowest BCUT2D eigenvalue weighted by molar-refractivity contribution is 0.206. The van der Waals surface area contributed by atoms with Crippen LogP contribution in [0.25, 0.3) is 5.57 Å². The molecule has 0 bridgehead atoms. The minimum Gasteiger partial charge on any atom is -0.320 e. The summed E-state index contributed by atoms with van der Waals surface area (Å²) in [6, 6.07) is 6.99. The predicted molar refractivity (Wildman–Crippen MR) is 87.9 cm³/mol. The summed E-state index contributed by atoms with van der Waals surface area (Å²) >= 11 is 5.93. The van der Waals surface area contributed by atoms with Crippen LogP contribution in [0.15, 0.2) is 30.8 Å². The van der Waals surface area contributed by atoms with Gasteiger partial charge in [0.2, 0.25) is 0 Å². The summed E-state index contributed by atoms with van der Waals surface area (Å²) in [4.78, 5) is 14.2. The Morgan fingerprint density at radius 2 is 2.32 bits per heavy atom. The molecule has 22 heavy (non-hydrogen) atoms. The molecule has 3 rings (SSSR count). The first-order chi connectivity index (χ1) is 10.5.